The number of aromatic nitrogens is 1. The minimum Gasteiger partial charge on any atom is -0.471 e. The normalized spacial score (nSPS) is 27.4. The van der Waals surface area contributed by atoms with Gasteiger partial charge >= 0.3 is 12.1 Å². The third kappa shape index (κ3) is 3.94. The third-order valence-corrected chi connectivity index (χ3v) is 8.12. The highest BCUT2D eigenvalue weighted by Crippen LogP contribution is 2.44. The van der Waals surface area contributed by atoms with Crippen LogP contribution in [0.25, 0.3) is 0 Å². The van der Waals surface area contributed by atoms with Gasteiger partial charge < -0.3 is 25.2 Å². The number of nitrogens with zero attached hydrogens (tertiary/aromatic N) is 5. The van der Waals surface area contributed by atoms with Crippen molar-refractivity contribution in [2.45, 2.75) is 26.0 Å². The van der Waals surface area contributed by atoms with E-state index >= 15 is 0 Å². The van der Waals surface area contributed by atoms with Crippen LogP contribution in [0.5, 0.6) is 5.75 Å². The first-order valence-electron chi connectivity index (χ1n) is 13.1. The highest BCUT2D eigenvalue weighted by Gasteiger charge is 2.50. The largest absolute Gasteiger partial charge is 0.471 e. The number of rotatable bonds is 5. The minimum atomic E-state index is -4.58. The number of benzene rings is 1. The van der Waals surface area contributed by atoms with Gasteiger partial charge in [-0.2, -0.15) is 13.2 Å². The minimum absolute atomic E-state index is 0.0291. The van der Waals surface area contributed by atoms with Crippen LogP contribution >= 0.6 is 0 Å². The van der Waals surface area contributed by atoms with E-state index in [1.807, 2.05) is 25.1 Å². The van der Waals surface area contributed by atoms with Crippen LogP contribution in [-0.4, -0.2) is 61.5 Å². The average Bonchev–Trinajstić information content (AvgIpc) is 3.67. The molecule has 206 valence electrons. The van der Waals surface area contributed by atoms with Gasteiger partial charge in [0, 0.05) is 38.0 Å². The first-order chi connectivity index (χ1) is 18.7. The van der Waals surface area contributed by atoms with Crippen LogP contribution in [0.3, 0.4) is 0 Å². The standard InChI is InChI=1S/C26H29F3N8O2/c1-3-35-10-16-12-36(13-17(16)11-35)24-20(25(27,28)29)6-18(9-30-24)33-26-32-8-15(2)23(34-39-26)37(26)19-4-5-22-21(7-19)31-14-38-22/h4-9,16-17,31,33-34H,3,10-14H2,1-2H3. The lowest BCUT2D eigenvalue weighted by Crippen LogP contribution is -2.51. The zero-order valence-corrected chi connectivity index (χ0v) is 21.5. The fourth-order valence-corrected chi connectivity index (χ4v) is 6.18. The SMILES string of the molecule is CCN1CC2CN(c3ncc(NC45N=CC(C)=C(NO4)N5c4ccc5c(c4)NCO5)cc3C(F)(F)F)CC2C1. The maximum atomic E-state index is 14.4. The van der Waals surface area contributed by atoms with Gasteiger partial charge in [0.15, 0.2) is 6.73 Å². The van der Waals surface area contributed by atoms with Gasteiger partial charge in [-0.3, -0.25) is 4.90 Å². The molecular weight excluding hydrogens is 513 g/mol. The van der Waals surface area contributed by atoms with E-state index in [-0.39, 0.29) is 11.5 Å². The molecule has 2 aromatic rings. The van der Waals surface area contributed by atoms with Crippen molar-refractivity contribution in [3.05, 3.63) is 47.4 Å². The number of hydrogen-bond donors (Lipinski definition) is 3. The summed E-state index contributed by atoms with van der Waals surface area (Å²) in [6.07, 6.45) is -1.53. The molecule has 0 amide bonds. The smallest absolute Gasteiger partial charge is 0.420 e. The van der Waals surface area contributed by atoms with E-state index in [0.717, 1.165) is 42.7 Å². The van der Waals surface area contributed by atoms with E-state index < -0.39 is 17.7 Å². The van der Waals surface area contributed by atoms with Crippen molar-refractivity contribution in [1.29, 1.82) is 0 Å². The molecule has 1 aromatic heterocycles. The van der Waals surface area contributed by atoms with Gasteiger partial charge in [0.2, 0.25) is 0 Å². The topological polar surface area (TPSA) is 89.5 Å². The molecule has 3 atom stereocenters. The summed E-state index contributed by atoms with van der Waals surface area (Å²) >= 11 is 0. The number of fused-ring (bicyclic) bond motifs is 4. The van der Waals surface area contributed by atoms with Gasteiger partial charge in [-0.25, -0.2) is 20.3 Å². The number of aliphatic imine (C=N–C) groups is 1. The lowest BCUT2D eigenvalue weighted by atomic mass is 10.0. The van der Waals surface area contributed by atoms with Crippen molar-refractivity contribution in [3.63, 3.8) is 0 Å². The van der Waals surface area contributed by atoms with Gasteiger partial charge in [-0.1, -0.05) is 6.92 Å². The number of pyridine rings is 1. The van der Waals surface area contributed by atoms with Gasteiger partial charge in [0.25, 0.3) is 0 Å². The molecule has 7 rings (SSSR count). The zero-order chi connectivity index (χ0) is 26.9. The molecule has 3 saturated heterocycles. The van der Waals surface area contributed by atoms with Crippen LogP contribution in [0.1, 0.15) is 19.4 Å². The maximum absolute atomic E-state index is 14.4. The molecule has 0 spiro atoms. The number of allylic oxidation sites excluding steroid dienone is 1. The zero-order valence-electron chi connectivity index (χ0n) is 21.5. The Bertz CT molecular complexity index is 1370. The Balaban J connectivity index is 1.20. The Kier molecular flexibility index (Phi) is 5.40. The van der Waals surface area contributed by atoms with Crippen LogP contribution in [0.4, 0.5) is 36.1 Å². The van der Waals surface area contributed by atoms with E-state index in [2.05, 4.69) is 37.9 Å². The lowest BCUT2D eigenvalue weighted by Gasteiger charge is -2.36. The Hall–Kier alpha value is -3.71. The third-order valence-electron chi connectivity index (χ3n) is 8.12. The van der Waals surface area contributed by atoms with Crippen LogP contribution in [0.15, 0.2) is 46.8 Å². The van der Waals surface area contributed by atoms with Crippen LogP contribution in [0.2, 0.25) is 0 Å². The summed E-state index contributed by atoms with van der Waals surface area (Å²) < 4.78 is 48.6. The molecule has 39 heavy (non-hydrogen) atoms. The maximum Gasteiger partial charge on any atom is 0.420 e. The second-order valence-corrected chi connectivity index (χ2v) is 10.6. The first-order valence-corrected chi connectivity index (χ1v) is 13.1. The average molecular weight is 543 g/mol. The summed E-state index contributed by atoms with van der Waals surface area (Å²) in [5.41, 5.74) is 4.56. The van der Waals surface area contributed by atoms with E-state index in [1.54, 1.807) is 16.0 Å². The predicted molar refractivity (Wildman–Crippen MR) is 140 cm³/mol. The van der Waals surface area contributed by atoms with Crippen molar-refractivity contribution in [1.82, 2.24) is 15.4 Å². The van der Waals surface area contributed by atoms with E-state index in [9.17, 15) is 13.2 Å². The monoisotopic (exact) mass is 542 g/mol. The molecule has 0 radical (unpaired) electrons. The van der Waals surface area contributed by atoms with E-state index in [1.165, 1.54) is 6.20 Å². The Morgan fingerprint density at radius 2 is 1.95 bits per heavy atom. The second kappa shape index (κ2) is 8.65. The molecule has 3 unspecified atom stereocenters. The van der Waals surface area contributed by atoms with Crippen molar-refractivity contribution >= 4 is 29.1 Å². The Labute approximate surface area is 223 Å². The molecule has 0 aliphatic carbocycles. The molecule has 1 aromatic carbocycles. The molecule has 10 nitrogen and oxygen atoms in total. The number of hydrogen-bond acceptors (Lipinski definition) is 10. The summed E-state index contributed by atoms with van der Waals surface area (Å²) in [7, 11) is 0. The molecule has 3 fully saturated rings. The quantitative estimate of drug-likeness (QED) is 0.524. The second-order valence-electron chi connectivity index (χ2n) is 10.6. The summed E-state index contributed by atoms with van der Waals surface area (Å²) in [4.78, 5) is 20.7. The molecule has 0 saturated carbocycles. The molecule has 3 N–H and O–H groups in total. The van der Waals surface area contributed by atoms with Crippen LogP contribution < -0.4 is 30.7 Å². The van der Waals surface area contributed by atoms with Crippen molar-refractivity contribution in [2.24, 2.45) is 16.8 Å². The fraction of sp³-hybridized carbons (Fsp3) is 0.462. The number of alkyl halides is 3. The number of likely N-dealkylation sites (tertiary alicyclic amines) is 1. The van der Waals surface area contributed by atoms with Crippen molar-refractivity contribution in [2.75, 3.05) is 59.9 Å². The van der Waals surface area contributed by atoms with Gasteiger partial charge in [0.1, 0.15) is 23.0 Å². The molecule has 13 heteroatoms. The summed E-state index contributed by atoms with van der Waals surface area (Å²) in [5, 5.41) is 6.23. The number of ether oxygens (including phenoxy) is 1. The summed E-state index contributed by atoms with van der Waals surface area (Å²) in [5.74, 6) is 0.473. The first kappa shape index (κ1) is 24.3. The van der Waals surface area contributed by atoms with E-state index in [4.69, 9.17) is 9.57 Å². The number of halogens is 3. The van der Waals surface area contributed by atoms with Gasteiger partial charge in [0.05, 0.1) is 23.3 Å². The number of hydroxylamine groups is 1. The number of anilines is 4. The summed E-state index contributed by atoms with van der Waals surface area (Å²) in [6, 6.07) is 6.66. The molecule has 5 aliphatic rings. The van der Waals surface area contributed by atoms with Crippen molar-refractivity contribution < 1.29 is 22.7 Å². The Morgan fingerprint density at radius 3 is 2.69 bits per heavy atom. The summed E-state index contributed by atoms with van der Waals surface area (Å²) in [6.45, 7) is 8.29. The van der Waals surface area contributed by atoms with E-state index in [0.29, 0.717) is 43.2 Å². The van der Waals surface area contributed by atoms with Gasteiger partial charge in [-0.15, -0.1) is 0 Å². The molecular formula is C26H29F3N8O2. The molecule has 6 heterocycles. The fourth-order valence-electron chi connectivity index (χ4n) is 6.18. The van der Waals surface area contributed by atoms with Crippen LogP contribution in [-0.2, 0) is 11.0 Å². The predicted octanol–water partition coefficient (Wildman–Crippen LogP) is 3.63. The highest BCUT2D eigenvalue weighted by atomic mass is 19.4. The molecule has 2 bridgehead atoms. The van der Waals surface area contributed by atoms with Crippen molar-refractivity contribution in [3.8, 4) is 5.75 Å². The molecule has 5 aliphatic heterocycles. The lowest BCUT2D eigenvalue weighted by molar-refractivity contribution is -0.137. The van der Waals surface area contributed by atoms with Gasteiger partial charge in [-0.05, 0) is 49.6 Å². The highest BCUT2D eigenvalue weighted by molar-refractivity contribution is 5.85. The van der Waals surface area contributed by atoms with Crippen LogP contribution in [0, 0.1) is 11.8 Å². The Morgan fingerprint density at radius 1 is 1.15 bits per heavy atom. The number of nitrogens with one attached hydrogen (secondary N) is 3.